The van der Waals surface area contributed by atoms with Crippen LogP contribution in [0.1, 0.15) is 32.5 Å². The second kappa shape index (κ2) is 3.79. The molecule has 1 aliphatic carbocycles. The van der Waals surface area contributed by atoms with Crippen LogP contribution in [0.2, 0.25) is 0 Å². The number of aryl methyl sites for hydroxylation is 1. The van der Waals surface area contributed by atoms with Crippen LogP contribution in [0.25, 0.3) is 11.0 Å². The van der Waals surface area contributed by atoms with E-state index in [0.717, 1.165) is 30.7 Å². The lowest BCUT2D eigenvalue weighted by atomic mass is 9.96. The highest BCUT2D eigenvalue weighted by Crippen LogP contribution is 2.44. The fraction of sp³-hybridized carbons (Fsp3) is 0.500. The molecule has 0 amide bonds. The average molecular weight is 247 g/mol. The topological polar surface area (TPSA) is 43.8 Å². The zero-order chi connectivity index (χ0) is 12.9. The molecule has 96 valence electrons. The Morgan fingerprint density at radius 3 is 2.83 bits per heavy atom. The van der Waals surface area contributed by atoms with Crippen LogP contribution in [0.3, 0.4) is 0 Å². The molecule has 0 bridgehead atoms. The van der Waals surface area contributed by atoms with E-state index in [2.05, 4.69) is 16.5 Å². The van der Waals surface area contributed by atoms with E-state index < -0.39 is 5.54 Å². The van der Waals surface area contributed by atoms with Gasteiger partial charge in [0.1, 0.15) is 11.6 Å². The second-order valence-electron chi connectivity index (χ2n) is 5.37. The third kappa shape index (κ3) is 1.63. The van der Waals surface area contributed by atoms with Crippen molar-refractivity contribution in [3.05, 3.63) is 29.8 Å². The molecule has 0 spiro atoms. The molecule has 1 aromatic heterocycles. The molecule has 1 unspecified atom stereocenters. The number of fused-ring (bicyclic) bond motifs is 1. The molecule has 1 heterocycles. The van der Waals surface area contributed by atoms with Crippen molar-refractivity contribution in [2.45, 2.75) is 38.8 Å². The summed E-state index contributed by atoms with van der Waals surface area (Å²) >= 11 is 0. The van der Waals surface area contributed by atoms with E-state index >= 15 is 0 Å². The summed E-state index contributed by atoms with van der Waals surface area (Å²) in [6, 6.07) is 4.74. The maximum absolute atomic E-state index is 13.3. The fourth-order valence-corrected chi connectivity index (χ4v) is 2.70. The van der Waals surface area contributed by atoms with Crippen molar-refractivity contribution in [3.63, 3.8) is 0 Å². The van der Waals surface area contributed by atoms with Crippen molar-refractivity contribution in [1.82, 2.24) is 9.55 Å². The molecule has 0 saturated heterocycles. The highest BCUT2D eigenvalue weighted by Gasteiger charge is 2.42. The Bertz CT molecular complexity index is 596. The standard InChI is InChI=1S/C14H18FN3/c1-3-18-12-7-6-10(15)8-11(12)17-13(18)14(2,16)9-4-5-9/h6-9H,3-5,16H2,1-2H3. The quantitative estimate of drug-likeness (QED) is 0.906. The van der Waals surface area contributed by atoms with Gasteiger partial charge in [-0.05, 0) is 44.7 Å². The third-order valence-electron chi connectivity index (χ3n) is 3.93. The number of rotatable bonds is 3. The van der Waals surface area contributed by atoms with E-state index in [1.807, 2.05) is 6.92 Å². The van der Waals surface area contributed by atoms with Gasteiger partial charge in [-0.15, -0.1) is 0 Å². The van der Waals surface area contributed by atoms with Gasteiger partial charge in [-0.2, -0.15) is 0 Å². The highest BCUT2D eigenvalue weighted by molar-refractivity contribution is 5.76. The van der Waals surface area contributed by atoms with Gasteiger partial charge in [-0.1, -0.05) is 0 Å². The number of hydrogen-bond acceptors (Lipinski definition) is 2. The van der Waals surface area contributed by atoms with E-state index in [1.165, 1.54) is 12.1 Å². The second-order valence-corrected chi connectivity index (χ2v) is 5.37. The molecule has 3 nitrogen and oxygen atoms in total. The Morgan fingerprint density at radius 2 is 2.22 bits per heavy atom. The van der Waals surface area contributed by atoms with Crippen LogP contribution in [0.15, 0.2) is 18.2 Å². The highest BCUT2D eigenvalue weighted by atomic mass is 19.1. The zero-order valence-electron chi connectivity index (χ0n) is 10.8. The minimum Gasteiger partial charge on any atom is -0.327 e. The fourth-order valence-electron chi connectivity index (χ4n) is 2.70. The van der Waals surface area contributed by atoms with Crippen LogP contribution < -0.4 is 5.73 Å². The Hall–Kier alpha value is -1.42. The number of nitrogens with zero attached hydrogens (tertiary/aromatic N) is 2. The summed E-state index contributed by atoms with van der Waals surface area (Å²) < 4.78 is 15.4. The summed E-state index contributed by atoms with van der Waals surface area (Å²) in [6.45, 7) is 4.91. The first-order chi connectivity index (χ1) is 8.54. The Balaban J connectivity index is 2.22. The summed E-state index contributed by atoms with van der Waals surface area (Å²) in [5, 5.41) is 0. The van der Waals surface area contributed by atoms with Crippen molar-refractivity contribution < 1.29 is 4.39 Å². The van der Waals surface area contributed by atoms with Crippen LogP contribution in [-0.4, -0.2) is 9.55 Å². The number of hydrogen-bond donors (Lipinski definition) is 1. The molecule has 18 heavy (non-hydrogen) atoms. The molecule has 4 heteroatoms. The molecule has 2 N–H and O–H groups in total. The SMILES string of the molecule is CCn1c(C(C)(N)C2CC2)nc2cc(F)ccc21. The van der Waals surface area contributed by atoms with Crippen LogP contribution in [0.4, 0.5) is 4.39 Å². The minimum absolute atomic E-state index is 0.250. The van der Waals surface area contributed by atoms with Crippen molar-refractivity contribution in [2.75, 3.05) is 0 Å². The first-order valence-electron chi connectivity index (χ1n) is 6.49. The zero-order valence-corrected chi connectivity index (χ0v) is 10.8. The molecule has 1 aromatic carbocycles. The van der Waals surface area contributed by atoms with Gasteiger partial charge in [0.15, 0.2) is 0 Å². The lowest BCUT2D eigenvalue weighted by Crippen LogP contribution is -2.38. The van der Waals surface area contributed by atoms with Crippen LogP contribution >= 0.6 is 0 Å². The number of benzene rings is 1. The first kappa shape index (κ1) is 11.7. The van der Waals surface area contributed by atoms with Crippen LogP contribution in [0, 0.1) is 11.7 Å². The average Bonchev–Trinajstić information content (AvgIpc) is 3.11. The maximum Gasteiger partial charge on any atom is 0.130 e. The molecule has 3 rings (SSSR count). The van der Waals surface area contributed by atoms with Gasteiger partial charge in [0, 0.05) is 12.6 Å². The van der Waals surface area contributed by atoms with E-state index in [4.69, 9.17) is 5.73 Å². The van der Waals surface area contributed by atoms with Crippen LogP contribution in [0.5, 0.6) is 0 Å². The lowest BCUT2D eigenvalue weighted by Gasteiger charge is -2.24. The maximum atomic E-state index is 13.3. The molecule has 2 aromatic rings. The molecule has 0 radical (unpaired) electrons. The van der Waals surface area contributed by atoms with Gasteiger partial charge >= 0.3 is 0 Å². The Kier molecular flexibility index (Phi) is 2.45. The first-order valence-corrected chi connectivity index (χ1v) is 6.49. The smallest absolute Gasteiger partial charge is 0.130 e. The van der Waals surface area contributed by atoms with Gasteiger partial charge < -0.3 is 10.3 Å². The molecule has 1 aliphatic rings. The van der Waals surface area contributed by atoms with Crippen molar-refractivity contribution in [2.24, 2.45) is 11.7 Å². The van der Waals surface area contributed by atoms with Crippen molar-refractivity contribution in [1.29, 1.82) is 0 Å². The summed E-state index contributed by atoms with van der Waals surface area (Å²) in [4.78, 5) is 4.58. The van der Waals surface area contributed by atoms with Gasteiger partial charge in [0.2, 0.25) is 0 Å². The number of nitrogens with two attached hydrogens (primary N) is 1. The molecule has 1 atom stereocenters. The van der Waals surface area contributed by atoms with Gasteiger partial charge in [0.25, 0.3) is 0 Å². The molecule has 1 saturated carbocycles. The summed E-state index contributed by atoms with van der Waals surface area (Å²) in [5.41, 5.74) is 7.70. The summed E-state index contributed by atoms with van der Waals surface area (Å²) in [6.07, 6.45) is 2.32. The Labute approximate surface area is 106 Å². The molecular weight excluding hydrogens is 229 g/mol. The minimum atomic E-state index is -0.411. The summed E-state index contributed by atoms with van der Waals surface area (Å²) in [7, 11) is 0. The van der Waals surface area contributed by atoms with Gasteiger partial charge in [0.05, 0.1) is 16.6 Å². The number of imidazole rings is 1. The normalized spacial score (nSPS) is 19.1. The number of halogens is 1. The predicted octanol–water partition coefficient (Wildman–Crippen LogP) is 2.78. The third-order valence-corrected chi connectivity index (χ3v) is 3.93. The summed E-state index contributed by atoms with van der Waals surface area (Å²) in [5.74, 6) is 1.14. The van der Waals surface area contributed by atoms with E-state index in [9.17, 15) is 4.39 Å². The number of aromatic nitrogens is 2. The van der Waals surface area contributed by atoms with Gasteiger partial charge in [-0.25, -0.2) is 9.37 Å². The Morgan fingerprint density at radius 1 is 1.50 bits per heavy atom. The monoisotopic (exact) mass is 247 g/mol. The van der Waals surface area contributed by atoms with E-state index in [1.54, 1.807) is 6.07 Å². The van der Waals surface area contributed by atoms with Crippen molar-refractivity contribution in [3.8, 4) is 0 Å². The van der Waals surface area contributed by atoms with E-state index in [-0.39, 0.29) is 5.82 Å². The molecular formula is C14H18FN3. The van der Waals surface area contributed by atoms with Crippen molar-refractivity contribution >= 4 is 11.0 Å². The molecule has 1 fully saturated rings. The predicted molar refractivity (Wildman–Crippen MR) is 69.6 cm³/mol. The van der Waals surface area contributed by atoms with Crippen LogP contribution in [-0.2, 0) is 12.1 Å². The lowest BCUT2D eigenvalue weighted by molar-refractivity contribution is 0.385. The van der Waals surface area contributed by atoms with Gasteiger partial charge in [-0.3, -0.25) is 0 Å². The largest absolute Gasteiger partial charge is 0.327 e. The van der Waals surface area contributed by atoms with E-state index in [0.29, 0.717) is 11.4 Å². The molecule has 0 aliphatic heterocycles.